The van der Waals surface area contributed by atoms with E-state index in [-0.39, 0.29) is 0 Å². The zero-order valence-corrected chi connectivity index (χ0v) is 12.1. The minimum Gasteiger partial charge on any atom is -0.383 e. The Morgan fingerprint density at radius 1 is 1.25 bits per heavy atom. The van der Waals surface area contributed by atoms with Crippen LogP contribution < -0.4 is 5.32 Å². The van der Waals surface area contributed by atoms with Crippen molar-refractivity contribution in [3.05, 3.63) is 0 Å². The van der Waals surface area contributed by atoms with E-state index in [0.717, 1.165) is 25.6 Å². The molecule has 0 aliphatic rings. The van der Waals surface area contributed by atoms with E-state index in [9.17, 15) is 0 Å². The molecule has 0 radical (unpaired) electrons. The fourth-order valence-electron chi connectivity index (χ4n) is 1.86. The van der Waals surface area contributed by atoms with E-state index in [0.29, 0.717) is 0 Å². The molecule has 0 rings (SSSR count). The standard InChI is InChI=1S/C13H29NOS/c1-4-7-13(8-6-11-16-5-2)12-14-9-10-15-3/h13-14H,4-12H2,1-3H3. The number of thioether (sulfide) groups is 1. The summed E-state index contributed by atoms with van der Waals surface area (Å²) in [5.74, 6) is 3.44. The SMILES string of the molecule is CCCC(CCCSCC)CNCCOC. The van der Waals surface area contributed by atoms with E-state index in [2.05, 4.69) is 30.9 Å². The molecule has 0 amide bonds. The minimum absolute atomic E-state index is 0.824. The average molecular weight is 247 g/mol. The maximum absolute atomic E-state index is 5.03. The van der Waals surface area contributed by atoms with Crippen LogP contribution in [0.1, 0.15) is 39.5 Å². The first kappa shape index (κ1) is 16.3. The van der Waals surface area contributed by atoms with Crippen LogP contribution in [0.3, 0.4) is 0 Å². The van der Waals surface area contributed by atoms with Crippen molar-refractivity contribution in [2.45, 2.75) is 39.5 Å². The summed E-state index contributed by atoms with van der Waals surface area (Å²) in [6, 6.07) is 0. The second-order valence-corrected chi connectivity index (χ2v) is 5.58. The van der Waals surface area contributed by atoms with Gasteiger partial charge in [-0.1, -0.05) is 20.3 Å². The highest BCUT2D eigenvalue weighted by Gasteiger charge is 2.06. The third kappa shape index (κ3) is 10.8. The highest BCUT2D eigenvalue weighted by Crippen LogP contribution is 2.14. The first-order chi connectivity index (χ1) is 7.85. The molecule has 0 aromatic heterocycles. The molecule has 98 valence electrons. The van der Waals surface area contributed by atoms with Gasteiger partial charge in [0.1, 0.15) is 0 Å². The molecule has 0 aromatic rings. The van der Waals surface area contributed by atoms with Gasteiger partial charge in [-0.2, -0.15) is 11.8 Å². The lowest BCUT2D eigenvalue weighted by Gasteiger charge is -2.16. The molecule has 0 aliphatic carbocycles. The Bertz CT molecular complexity index is 121. The second-order valence-electron chi connectivity index (χ2n) is 4.19. The lowest BCUT2D eigenvalue weighted by molar-refractivity contribution is 0.197. The topological polar surface area (TPSA) is 21.3 Å². The van der Waals surface area contributed by atoms with E-state index in [1.165, 1.54) is 37.2 Å². The van der Waals surface area contributed by atoms with Crippen LogP contribution in [0.5, 0.6) is 0 Å². The maximum Gasteiger partial charge on any atom is 0.0587 e. The van der Waals surface area contributed by atoms with E-state index in [1.807, 2.05) is 0 Å². The summed E-state index contributed by atoms with van der Waals surface area (Å²) >= 11 is 2.06. The average Bonchev–Trinajstić information content (AvgIpc) is 2.30. The van der Waals surface area contributed by atoms with Gasteiger partial charge in [0.05, 0.1) is 6.61 Å². The Morgan fingerprint density at radius 2 is 2.06 bits per heavy atom. The number of methoxy groups -OCH3 is 1. The molecular weight excluding hydrogens is 218 g/mol. The smallest absolute Gasteiger partial charge is 0.0587 e. The van der Waals surface area contributed by atoms with Crippen LogP contribution in [-0.4, -0.2) is 38.3 Å². The second kappa shape index (κ2) is 13.3. The van der Waals surface area contributed by atoms with Crippen molar-refractivity contribution >= 4 is 11.8 Å². The van der Waals surface area contributed by atoms with Gasteiger partial charge in [-0.3, -0.25) is 0 Å². The molecule has 0 fully saturated rings. The zero-order valence-electron chi connectivity index (χ0n) is 11.3. The fourth-order valence-corrected chi connectivity index (χ4v) is 2.52. The summed E-state index contributed by atoms with van der Waals surface area (Å²) in [5, 5.41) is 3.48. The molecule has 0 heterocycles. The summed E-state index contributed by atoms with van der Waals surface area (Å²) in [5.41, 5.74) is 0. The quantitative estimate of drug-likeness (QED) is 0.535. The van der Waals surface area contributed by atoms with Gasteiger partial charge in [0.15, 0.2) is 0 Å². The van der Waals surface area contributed by atoms with E-state index in [1.54, 1.807) is 7.11 Å². The molecule has 1 unspecified atom stereocenters. The van der Waals surface area contributed by atoms with Crippen LogP contribution in [0.15, 0.2) is 0 Å². The molecule has 0 saturated carbocycles. The van der Waals surface area contributed by atoms with Gasteiger partial charge in [0.25, 0.3) is 0 Å². The van der Waals surface area contributed by atoms with Crippen LogP contribution >= 0.6 is 11.8 Å². The van der Waals surface area contributed by atoms with Crippen molar-refractivity contribution < 1.29 is 4.74 Å². The molecule has 1 atom stereocenters. The van der Waals surface area contributed by atoms with Crippen LogP contribution in [0, 0.1) is 5.92 Å². The molecule has 0 aromatic carbocycles. The van der Waals surface area contributed by atoms with Crippen LogP contribution in [0.2, 0.25) is 0 Å². The molecule has 16 heavy (non-hydrogen) atoms. The van der Waals surface area contributed by atoms with Crippen LogP contribution in [0.4, 0.5) is 0 Å². The summed E-state index contributed by atoms with van der Waals surface area (Å²) in [6.07, 6.45) is 5.41. The lowest BCUT2D eigenvalue weighted by Crippen LogP contribution is -2.26. The van der Waals surface area contributed by atoms with Crippen molar-refractivity contribution in [3.63, 3.8) is 0 Å². The van der Waals surface area contributed by atoms with Crippen LogP contribution in [0.25, 0.3) is 0 Å². The van der Waals surface area contributed by atoms with Crippen molar-refractivity contribution in [1.29, 1.82) is 0 Å². The largest absolute Gasteiger partial charge is 0.383 e. The van der Waals surface area contributed by atoms with Crippen molar-refractivity contribution in [3.8, 4) is 0 Å². The third-order valence-corrected chi connectivity index (χ3v) is 3.70. The monoisotopic (exact) mass is 247 g/mol. The lowest BCUT2D eigenvalue weighted by atomic mass is 9.98. The molecule has 0 bridgehead atoms. The highest BCUT2D eigenvalue weighted by molar-refractivity contribution is 7.99. The first-order valence-corrected chi connectivity index (χ1v) is 7.78. The summed E-state index contributed by atoms with van der Waals surface area (Å²) in [7, 11) is 1.76. The highest BCUT2D eigenvalue weighted by atomic mass is 32.2. The molecule has 0 spiro atoms. The van der Waals surface area contributed by atoms with Crippen LogP contribution in [-0.2, 0) is 4.74 Å². The Morgan fingerprint density at radius 3 is 2.69 bits per heavy atom. The molecule has 0 aliphatic heterocycles. The molecule has 3 heteroatoms. The van der Waals surface area contributed by atoms with Gasteiger partial charge >= 0.3 is 0 Å². The fraction of sp³-hybridized carbons (Fsp3) is 1.00. The molecular formula is C13H29NOS. The van der Waals surface area contributed by atoms with Crippen molar-refractivity contribution in [2.24, 2.45) is 5.92 Å². The molecule has 2 nitrogen and oxygen atoms in total. The zero-order chi connectivity index (χ0) is 12.1. The van der Waals surface area contributed by atoms with Gasteiger partial charge in [-0.25, -0.2) is 0 Å². The van der Waals surface area contributed by atoms with Gasteiger partial charge in [-0.05, 0) is 43.2 Å². The predicted octanol–water partition coefficient (Wildman–Crippen LogP) is 3.17. The normalized spacial score (nSPS) is 12.9. The van der Waals surface area contributed by atoms with Gasteiger partial charge in [-0.15, -0.1) is 0 Å². The number of rotatable bonds is 12. The predicted molar refractivity (Wildman–Crippen MR) is 75.4 cm³/mol. The summed E-state index contributed by atoms with van der Waals surface area (Å²) in [4.78, 5) is 0. The Kier molecular flexibility index (Phi) is 13.6. The summed E-state index contributed by atoms with van der Waals surface area (Å²) < 4.78 is 5.03. The Labute approximate surface area is 106 Å². The van der Waals surface area contributed by atoms with E-state index >= 15 is 0 Å². The van der Waals surface area contributed by atoms with Gasteiger partial charge in [0, 0.05) is 13.7 Å². The molecule has 0 saturated heterocycles. The third-order valence-electron chi connectivity index (χ3n) is 2.72. The van der Waals surface area contributed by atoms with Gasteiger partial charge < -0.3 is 10.1 Å². The van der Waals surface area contributed by atoms with Crippen molar-refractivity contribution in [1.82, 2.24) is 5.32 Å². The van der Waals surface area contributed by atoms with Gasteiger partial charge in [0.2, 0.25) is 0 Å². The Balaban J connectivity index is 3.45. The maximum atomic E-state index is 5.03. The Hall–Kier alpha value is 0.270. The summed E-state index contributed by atoms with van der Waals surface area (Å²) in [6.45, 7) is 7.49. The number of ether oxygens (including phenoxy) is 1. The van der Waals surface area contributed by atoms with E-state index in [4.69, 9.17) is 4.74 Å². The number of nitrogens with one attached hydrogen (secondary N) is 1. The van der Waals surface area contributed by atoms with Crippen molar-refractivity contribution in [2.75, 3.05) is 38.3 Å². The number of hydrogen-bond donors (Lipinski definition) is 1. The first-order valence-electron chi connectivity index (χ1n) is 6.62. The number of hydrogen-bond acceptors (Lipinski definition) is 3. The van der Waals surface area contributed by atoms with E-state index < -0.39 is 0 Å². The molecule has 1 N–H and O–H groups in total. The minimum atomic E-state index is 0.824.